The van der Waals surface area contributed by atoms with Crippen molar-refractivity contribution in [2.75, 3.05) is 13.6 Å². The molecule has 118 valence electrons. The van der Waals surface area contributed by atoms with E-state index in [0.717, 1.165) is 11.3 Å². The summed E-state index contributed by atoms with van der Waals surface area (Å²) in [5.74, 6) is 0.737. The molecule has 0 atom stereocenters. The van der Waals surface area contributed by atoms with Gasteiger partial charge in [0, 0.05) is 39.7 Å². The van der Waals surface area contributed by atoms with Crippen LogP contribution in [0.5, 0.6) is 0 Å². The fourth-order valence-corrected chi connectivity index (χ4v) is 2.15. The SMILES string of the molecule is Cc1nc(CCN(C)C(=O)c2cc(C)c(C)n(C)c2=O)no1. The molecule has 7 heteroatoms. The molecule has 0 radical (unpaired) electrons. The fourth-order valence-electron chi connectivity index (χ4n) is 2.15. The minimum Gasteiger partial charge on any atom is -0.341 e. The van der Waals surface area contributed by atoms with Crippen molar-refractivity contribution in [3.8, 4) is 0 Å². The molecule has 0 unspecified atom stereocenters. The van der Waals surface area contributed by atoms with Crippen LogP contribution in [0.4, 0.5) is 0 Å². The van der Waals surface area contributed by atoms with Crippen LogP contribution in [0, 0.1) is 20.8 Å². The predicted molar refractivity (Wildman–Crippen MR) is 80.9 cm³/mol. The normalized spacial score (nSPS) is 10.8. The largest absolute Gasteiger partial charge is 0.341 e. The lowest BCUT2D eigenvalue weighted by molar-refractivity contribution is 0.0793. The van der Waals surface area contributed by atoms with E-state index in [-0.39, 0.29) is 17.0 Å². The summed E-state index contributed by atoms with van der Waals surface area (Å²) < 4.78 is 6.39. The van der Waals surface area contributed by atoms with Crippen LogP contribution < -0.4 is 5.56 Å². The van der Waals surface area contributed by atoms with Crippen molar-refractivity contribution >= 4 is 5.91 Å². The van der Waals surface area contributed by atoms with Crippen molar-refractivity contribution < 1.29 is 9.32 Å². The molecule has 2 aromatic heterocycles. The molecular weight excluding hydrogens is 284 g/mol. The summed E-state index contributed by atoms with van der Waals surface area (Å²) in [7, 11) is 3.33. The molecule has 0 N–H and O–H groups in total. The molecule has 0 aliphatic rings. The molecule has 2 rings (SSSR count). The van der Waals surface area contributed by atoms with Crippen LogP contribution in [0.3, 0.4) is 0 Å². The van der Waals surface area contributed by atoms with Crippen LogP contribution in [-0.4, -0.2) is 39.1 Å². The van der Waals surface area contributed by atoms with Crippen molar-refractivity contribution in [2.24, 2.45) is 7.05 Å². The standard InChI is InChI=1S/C15H20N4O3/c1-9-8-12(15(21)19(5)10(9)2)14(20)18(4)7-6-13-16-11(3)22-17-13/h8H,6-7H2,1-5H3. The molecule has 2 aromatic rings. The second-order valence-electron chi connectivity index (χ2n) is 5.40. The van der Waals surface area contributed by atoms with Gasteiger partial charge < -0.3 is 14.0 Å². The number of aromatic nitrogens is 3. The number of nitrogens with zero attached hydrogens (tertiary/aromatic N) is 4. The molecule has 0 aromatic carbocycles. The highest BCUT2D eigenvalue weighted by atomic mass is 16.5. The van der Waals surface area contributed by atoms with Gasteiger partial charge in [-0.2, -0.15) is 4.98 Å². The number of amides is 1. The number of likely N-dealkylation sites (N-methyl/N-ethyl adjacent to an activating group) is 1. The summed E-state index contributed by atoms with van der Waals surface area (Å²) >= 11 is 0. The van der Waals surface area contributed by atoms with E-state index in [9.17, 15) is 9.59 Å². The van der Waals surface area contributed by atoms with Crippen molar-refractivity contribution in [2.45, 2.75) is 27.2 Å². The summed E-state index contributed by atoms with van der Waals surface area (Å²) in [5.41, 5.74) is 1.66. The Bertz CT molecular complexity index is 761. The fraction of sp³-hybridized carbons (Fsp3) is 0.467. The lowest BCUT2D eigenvalue weighted by Gasteiger charge is -2.17. The monoisotopic (exact) mass is 304 g/mol. The molecule has 7 nitrogen and oxygen atoms in total. The smallest absolute Gasteiger partial charge is 0.263 e. The van der Waals surface area contributed by atoms with E-state index < -0.39 is 0 Å². The van der Waals surface area contributed by atoms with E-state index >= 15 is 0 Å². The Kier molecular flexibility index (Phi) is 4.44. The van der Waals surface area contributed by atoms with Crippen LogP contribution in [0.25, 0.3) is 0 Å². The van der Waals surface area contributed by atoms with Crippen LogP contribution in [0.1, 0.15) is 33.3 Å². The van der Waals surface area contributed by atoms with Crippen molar-refractivity contribution in [1.29, 1.82) is 0 Å². The van der Waals surface area contributed by atoms with Gasteiger partial charge in [0.1, 0.15) is 5.56 Å². The number of rotatable bonds is 4. The van der Waals surface area contributed by atoms with Gasteiger partial charge >= 0.3 is 0 Å². The number of hydrogen-bond donors (Lipinski definition) is 0. The third-order valence-electron chi connectivity index (χ3n) is 3.79. The number of carbonyl (C=O) groups excluding carboxylic acids is 1. The Morgan fingerprint density at radius 1 is 1.36 bits per heavy atom. The Labute approximate surface area is 128 Å². The minimum absolute atomic E-state index is 0.178. The molecule has 0 aliphatic heterocycles. The van der Waals surface area contributed by atoms with Gasteiger partial charge in [0.15, 0.2) is 5.82 Å². The maximum absolute atomic E-state index is 12.5. The Hall–Kier alpha value is -2.44. The number of aryl methyl sites for hydroxylation is 2. The molecule has 1 amide bonds. The van der Waals surface area contributed by atoms with E-state index in [2.05, 4.69) is 10.1 Å². The summed E-state index contributed by atoms with van der Waals surface area (Å²) in [6.45, 7) is 5.86. The molecule has 2 heterocycles. The van der Waals surface area contributed by atoms with Crippen LogP contribution in [0.2, 0.25) is 0 Å². The highest BCUT2D eigenvalue weighted by Gasteiger charge is 2.18. The second kappa shape index (κ2) is 6.13. The molecule has 0 bridgehead atoms. The zero-order valence-electron chi connectivity index (χ0n) is 13.5. The Balaban J connectivity index is 2.15. The first-order chi connectivity index (χ1) is 10.3. The zero-order chi connectivity index (χ0) is 16.4. The van der Waals surface area contributed by atoms with E-state index in [1.807, 2.05) is 13.8 Å². The van der Waals surface area contributed by atoms with Crippen molar-refractivity contribution in [1.82, 2.24) is 19.6 Å². The quantitative estimate of drug-likeness (QED) is 0.842. The van der Waals surface area contributed by atoms with E-state index in [1.165, 1.54) is 9.47 Å². The minimum atomic E-state index is -0.302. The first kappa shape index (κ1) is 15.9. The second-order valence-corrected chi connectivity index (χ2v) is 5.40. The van der Waals surface area contributed by atoms with Crippen LogP contribution >= 0.6 is 0 Å². The average Bonchev–Trinajstić information content (AvgIpc) is 2.91. The van der Waals surface area contributed by atoms with Gasteiger partial charge in [-0.15, -0.1) is 0 Å². The number of hydrogen-bond acceptors (Lipinski definition) is 5. The van der Waals surface area contributed by atoms with Gasteiger partial charge in [0.2, 0.25) is 5.89 Å². The lowest BCUT2D eigenvalue weighted by atomic mass is 10.1. The molecule has 0 spiro atoms. The highest BCUT2D eigenvalue weighted by Crippen LogP contribution is 2.07. The average molecular weight is 304 g/mol. The van der Waals surface area contributed by atoms with Crippen LogP contribution in [0.15, 0.2) is 15.4 Å². The van der Waals surface area contributed by atoms with Gasteiger partial charge in [-0.05, 0) is 25.5 Å². The summed E-state index contributed by atoms with van der Waals surface area (Å²) in [6.07, 6.45) is 0.477. The van der Waals surface area contributed by atoms with Crippen molar-refractivity contribution in [3.63, 3.8) is 0 Å². The molecule has 0 aliphatic carbocycles. The van der Waals surface area contributed by atoms with Gasteiger partial charge in [-0.1, -0.05) is 5.16 Å². The molecule has 0 saturated heterocycles. The van der Waals surface area contributed by atoms with E-state index in [4.69, 9.17) is 4.52 Å². The lowest BCUT2D eigenvalue weighted by Crippen LogP contribution is -2.35. The van der Waals surface area contributed by atoms with Gasteiger partial charge in [-0.3, -0.25) is 9.59 Å². The highest BCUT2D eigenvalue weighted by molar-refractivity contribution is 5.93. The van der Waals surface area contributed by atoms with E-state index in [1.54, 1.807) is 27.1 Å². The summed E-state index contributed by atoms with van der Waals surface area (Å²) in [6, 6.07) is 1.65. The van der Waals surface area contributed by atoms with Gasteiger partial charge in [0.25, 0.3) is 11.5 Å². The Morgan fingerprint density at radius 2 is 2.05 bits per heavy atom. The van der Waals surface area contributed by atoms with Crippen LogP contribution in [-0.2, 0) is 13.5 Å². The number of carbonyl (C=O) groups is 1. The number of pyridine rings is 1. The summed E-state index contributed by atoms with van der Waals surface area (Å²) in [5, 5.41) is 3.79. The molecular formula is C15H20N4O3. The Morgan fingerprint density at radius 3 is 2.64 bits per heavy atom. The maximum Gasteiger partial charge on any atom is 0.263 e. The molecule has 0 fully saturated rings. The third-order valence-corrected chi connectivity index (χ3v) is 3.79. The first-order valence-corrected chi connectivity index (χ1v) is 7.03. The van der Waals surface area contributed by atoms with Gasteiger partial charge in [0.05, 0.1) is 0 Å². The zero-order valence-corrected chi connectivity index (χ0v) is 13.5. The topological polar surface area (TPSA) is 81.2 Å². The first-order valence-electron chi connectivity index (χ1n) is 7.03. The van der Waals surface area contributed by atoms with Crippen molar-refractivity contribution in [3.05, 3.63) is 45.0 Å². The predicted octanol–water partition coefficient (Wildman–Crippen LogP) is 1.01. The van der Waals surface area contributed by atoms with E-state index in [0.29, 0.717) is 24.7 Å². The summed E-state index contributed by atoms with van der Waals surface area (Å²) in [4.78, 5) is 30.3. The molecule has 22 heavy (non-hydrogen) atoms. The third kappa shape index (κ3) is 3.08. The molecule has 0 saturated carbocycles. The van der Waals surface area contributed by atoms with Gasteiger partial charge in [-0.25, -0.2) is 0 Å². The maximum atomic E-state index is 12.5.